The summed E-state index contributed by atoms with van der Waals surface area (Å²) in [5.41, 5.74) is 0.818. The third kappa shape index (κ3) is 2.38. The van der Waals surface area contributed by atoms with Crippen LogP contribution in [0.5, 0.6) is 0 Å². The van der Waals surface area contributed by atoms with Gasteiger partial charge in [-0.05, 0) is 61.4 Å². The SMILES string of the molecule is CC(C)CNCC1CC12CC(C(C)C)C2. The van der Waals surface area contributed by atoms with Crippen LogP contribution in [0, 0.1) is 29.1 Å². The molecule has 1 nitrogen and oxygen atoms in total. The van der Waals surface area contributed by atoms with E-state index in [9.17, 15) is 0 Å². The molecule has 2 fully saturated rings. The van der Waals surface area contributed by atoms with Crippen molar-refractivity contribution < 1.29 is 0 Å². The summed E-state index contributed by atoms with van der Waals surface area (Å²) in [6, 6.07) is 0. The highest BCUT2D eigenvalue weighted by atomic mass is 14.9. The third-order valence-electron chi connectivity index (χ3n) is 4.58. The first-order chi connectivity index (χ1) is 7.03. The Morgan fingerprint density at radius 2 is 1.80 bits per heavy atom. The smallest absolute Gasteiger partial charge is 0.00149 e. The summed E-state index contributed by atoms with van der Waals surface area (Å²) in [4.78, 5) is 0. The van der Waals surface area contributed by atoms with Gasteiger partial charge in [0.15, 0.2) is 0 Å². The minimum absolute atomic E-state index is 0.796. The van der Waals surface area contributed by atoms with E-state index in [0.29, 0.717) is 0 Å². The van der Waals surface area contributed by atoms with Crippen LogP contribution in [0.15, 0.2) is 0 Å². The van der Waals surface area contributed by atoms with Gasteiger partial charge in [0.05, 0.1) is 0 Å². The van der Waals surface area contributed by atoms with Crippen molar-refractivity contribution in [3.63, 3.8) is 0 Å². The first kappa shape index (κ1) is 11.4. The van der Waals surface area contributed by atoms with Crippen molar-refractivity contribution in [2.45, 2.75) is 47.0 Å². The second-order valence-corrected chi connectivity index (χ2v) is 6.73. The fourth-order valence-electron chi connectivity index (χ4n) is 3.22. The van der Waals surface area contributed by atoms with Gasteiger partial charge in [0.25, 0.3) is 0 Å². The summed E-state index contributed by atoms with van der Waals surface area (Å²) in [7, 11) is 0. The molecule has 1 spiro atoms. The molecule has 1 atom stereocenters. The standard InChI is InChI=1S/C14H27N/c1-10(2)8-15-9-13-7-14(13)5-12(6-14)11(3)4/h10-13,15H,5-9H2,1-4H3. The fourth-order valence-corrected chi connectivity index (χ4v) is 3.22. The molecule has 1 N–H and O–H groups in total. The highest BCUT2D eigenvalue weighted by Gasteiger charge is 2.60. The molecule has 0 aliphatic heterocycles. The predicted molar refractivity (Wildman–Crippen MR) is 65.8 cm³/mol. The Labute approximate surface area is 95.0 Å². The Hall–Kier alpha value is -0.0400. The molecule has 0 radical (unpaired) electrons. The van der Waals surface area contributed by atoms with Crippen molar-refractivity contribution in [2.24, 2.45) is 29.1 Å². The van der Waals surface area contributed by atoms with Gasteiger partial charge in [-0.25, -0.2) is 0 Å². The van der Waals surface area contributed by atoms with Gasteiger partial charge in [-0.2, -0.15) is 0 Å². The normalized spacial score (nSPS) is 38.8. The topological polar surface area (TPSA) is 12.0 Å². The van der Waals surface area contributed by atoms with Crippen molar-refractivity contribution in [3.8, 4) is 0 Å². The Bertz CT molecular complexity index is 213. The first-order valence-electron chi connectivity index (χ1n) is 6.74. The second-order valence-electron chi connectivity index (χ2n) is 6.73. The zero-order chi connectivity index (χ0) is 11.1. The summed E-state index contributed by atoms with van der Waals surface area (Å²) in [6.07, 6.45) is 4.57. The van der Waals surface area contributed by atoms with Gasteiger partial charge in [0, 0.05) is 0 Å². The molecule has 88 valence electrons. The molecule has 0 aromatic rings. The fraction of sp³-hybridized carbons (Fsp3) is 1.00. The van der Waals surface area contributed by atoms with Crippen LogP contribution in [0.3, 0.4) is 0 Å². The lowest BCUT2D eigenvalue weighted by Crippen LogP contribution is -2.33. The minimum Gasteiger partial charge on any atom is -0.316 e. The van der Waals surface area contributed by atoms with Gasteiger partial charge in [0.2, 0.25) is 0 Å². The molecule has 0 heterocycles. The molecule has 2 saturated carbocycles. The van der Waals surface area contributed by atoms with Crippen LogP contribution in [-0.4, -0.2) is 13.1 Å². The minimum atomic E-state index is 0.796. The molecule has 0 bridgehead atoms. The maximum absolute atomic E-state index is 3.61. The highest BCUT2D eigenvalue weighted by Crippen LogP contribution is 2.68. The van der Waals surface area contributed by atoms with Crippen LogP contribution in [0.25, 0.3) is 0 Å². The van der Waals surface area contributed by atoms with E-state index in [0.717, 1.165) is 29.1 Å². The summed E-state index contributed by atoms with van der Waals surface area (Å²) in [5.74, 6) is 3.77. The average Bonchev–Trinajstić information content (AvgIpc) is 2.75. The molecule has 2 rings (SSSR count). The maximum Gasteiger partial charge on any atom is -0.00149 e. The molecule has 0 aromatic carbocycles. The van der Waals surface area contributed by atoms with Gasteiger partial charge in [-0.15, -0.1) is 0 Å². The molecule has 2 aliphatic rings. The van der Waals surface area contributed by atoms with Crippen molar-refractivity contribution in [1.82, 2.24) is 5.32 Å². The first-order valence-corrected chi connectivity index (χ1v) is 6.74. The van der Waals surface area contributed by atoms with Gasteiger partial charge in [-0.1, -0.05) is 27.7 Å². The van der Waals surface area contributed by atoms with Crippen LogP contribution in [0.2, 0.25) is 0 Å². The largest absolute Gasteiger partial charge is 0.316 e. The van der Waals surface area contributed by atoms with Crippen LogP contribution < -0.4 is 5.32 Å². The summed E-state index contributed by atoms with van der Waals surface area (Å²) in [6.45, 7) is 11.8. The predicted octanol–water partition coefficient (Wildman–Crippen LogP) is 3.30. The lowest BCUT2D eigenvalue weighted by molar-refractivity contribution is 0.105. The molecule has 0 amide bonds. The van der Waals surface area contributed by atoms with E-state index in [-0.39, 0.29) is 0 Å². The Morgan fingerprint density at radius 1 is 1.13 bits per heavy atom. The Balaban J connectivity index is 1.61. The average molecular weight is 209 g/mol. The van der Waals surface area contributed by atoms with Crippen molar-refractivity contribution in [3.05, 3.63) is 0 Å². The van der Waals surface area contributed by atoms with Crippen LogP contribution in [0.4, 0.5) is 0 Å². The molecule has 0 aromatic heterocycles. The zero-order valence-corrected chi connectivity index (χ0v) is 10.8. The Kier molecular flexibility index (Phi) is 3.12. The number of nitrogens with one attached hydrogen (secondary N) is 1. The lowest BCUT2D eigenvalue weighted by Gasteiger charge is -2.40. The van der Waals surface area contributed by atoms with Gasteiger partial charge in [-0.3, -0.25) is 0 Å². The monoisotopic (exact) mass is 209 g/mol. The van der Waals surface area contributed by atoms with Crippen LogP contribution in [-0.2, 0) is 0 Å². The van der Waals surface area contributed by atoms with Gasteiger partial charge in [0.1, 0.15) is 0 Å². The molecular formula is C14H27N. The van der Waals surface area contributed by atoms with E-state index in [1.165, 1.54) is 32.4 Å². The molecule has 0 saturated heterocycles. The number of hydrogen-bond acceptors (Lipinski definition) is 1. The summed E-state index contributed by atoms with van der Waals surface area (Å²) >= 11 is 0. The van der Waals surface area contributed by atoms with Gasteiger partial charge < -0.3 is 5.32 Å². The highest BCUT2D eigenvalue weighted by molar-refractivity contribution is 5.11. The van der Waals surface area contributed by atoms with E-state index in [2.05, 4.69) is 33.0 Å². The zero-order valence-electron chi connectivity index (χ0n) is 10.8. The Morgan fingerprint density at radius 3 is 2.33 bits per heavy atom. The van der Waals surface area contributed by atoms with Gasteiger partial charge >= 0.3 is 0 Å². The molecule has 1 unspecified atom stereocenters. The maximum atomic E-state index is 3.61. The summed E-state index contributed by atoms with van der Waals surface area (Å²) < 4.78 is 0. The number of rotatable bonds is 5. The third-order valence-corrected chi connectivity index (χ3v) is 4.58. The number of hydrogen-bond donors (Lipinski definition) is 1. The van der Waals surface area contributed by atoms with Crippen molar-refractivity contribution in [1.29, 1.82) is 0 Å². The van der Waals surface area contributed by atoms with E-state index < -0.39 is 0 Å². The van der Waals surface area contributed by atoms with E-state index in [1.54, 1.807) is 0 Å². The molecule has 1 heteroatoms. The van der Waals surface area contributed by atoms with E-state index in [1.807, 2.05) is 0 Å². The van der Waals surface area contributed by atoms with E-state index >= 15 is 0 Å². The molecule has 15 heavy (non-hydrogen) atoms. The summed E-state index contributed by atoms with van der Waals surface area (Å²) in [5, 5.41) is 3.61. The quantitative estimate of drug-likeness (QED) is 0.732. The molecular weight excluding hydrogens is 182 g/mol. The van der Waals surface area contributed by atoms with Crippen LogP contribution >= 0.6 is 0 Å². The molecule has 2 aliphatic carbocycles. The van der Waals surface area contributed by atoms with Crippen molar-refractivity contribution >= 4 is 0 Å². The van der Waals surface area contributed by atoms with Crippen molar-refractivity contribution in [2.75, 3.05) is 13.1 Å². The second kappa shape index (κ2) is 4.08. The lowest BCUT2D eigenvalue weighted by atomic mass is 9.66. The van der Waals surface area contributed by atoms with Crippen LogP contribution in [0.1, 0.15) is 47.0 Å². The van der Waals surface area contributed by atoms with E-state index in [4.69, 9.17) is 0 Å².